The Morgan fingerprint density at radius 3 is 2.90 bits per heavy atom. The molecule has 0 aromatic rings. The topological polar surface area (TPSA) is 26.0 Å². The van der Waals surface area contributed by atoms with Gasteiger partial charge in [0, 0.05) is 6.54 Å². The molecule has 0 saturated heterocycles. The summed E-state index contributed by atoms with van der Waals surface area (Å²) in [5.41, 5.74) is 6.61. The van der Waals surface area contributed by atoms with Crippen LogP contribution in [0.2, 0.25) is 0 Å². The van der Waals surface area contributed by atoms with E-state index in [4.69, 9.17) is 17.3 Å². The average molecular weight is 158 g/mol. The lowest BCUT2D eigenvalue weighted by Gasteiger charge is -2.19. The van der Waals surface area contributed by atoms with Crippen LogP contribution < -0.4 is 5.73 Å². The van der Waals surface area contributed by atoms with E-state index < -0.39 is 0 Å². The molecule has 1 nitrogen and oxygen atoms in total. The molecule has 1 atom stereocenters. The zero-order valence-corrected chi connectivity index (χ0v) is 6.86. The summed E-state index contributed by atoms with van der Waals surface area (Å²) < 4.78 is 0. The first-order chi connectivity index (χ1) is 4.64. The van der Waals surface area contributed by atoms with Crippen molar-refractivity contribution in [1.29, 1.82) is 0 Å². The van der Waals surface area contributed by atoms with Crippen LogP contribution in [0.15, 0.2) is 23.8 Å². The largest absolute Gasteiger partial charge is 0.327 e. The standard InChI is InChI=1S/C8H12ClN/c1-8(9)4-2-7(6-10)3-5-8/h2-4H,5-6,10H2,1H3. The van der Waals surface area contributed by atoms with Crippen molar-refractivity contribution in [3.8, 4) is 0 Å². The van der Waals surface area contributed by atoms with Gasteiger partial charge in [0.25, 0.3) is 0 Å². The monoisotopic (exact) mass is 157 g/mol. The van der Waals surface area contributed by atoms with Gasteiger partial charge in [-0.2, -0.15) is 0 Å². The summed E-state index contributed by atoms with van der Waals surface area (Å²) in [6.45, 7) is 2.61. The molecule has 0 heterocycles. The molecule has 1 unspecified atom stereocenters. The van der Waals surface area contributed by atoms with E-state index in [1.54, 1.807) is 0 Å². The summed E-state index contributed by atoms with van der Waals surface area (Å²) in [7, 11) is 0. The minimum Gasteiger partial charge on any atom is -0.327 e. The molecule has 0 aliphatic heterocycles. The van der Waals surface area contributed by atoms with Crippen LogP contribution in [0.1, 0.15) is 13.3 Å². The van der Waals surface area contributed by atoms with Crippen LogP contribution in [0.25, 0.3) is 0 Å². The fourth-order valence-electron chi connectivity index (χ4n) is 0.899. The van der Waals surface area contributed by atoms with Crippen LogP contribution in [0.4, 0.5) is 0 Å². The molecular weight excluding hydrogens is 146 g/mol. The third kappa shape index (κ3) is 1.86. The molecule has 0 aromatic carbocycles. The summed E-state index contributed by atoms with van der Waals surface area (Å²) in [4.78, 5) is -0.182. The number of hydrogen-bond donors (Lipinski definition) is 1. The second kappa shape index (κ2) is 2.77. The van der Waals surface area contributed by atoms with Gasteiger partial charge >= 0.3 is 0 Å². The lowest BCUT2D eigenvalue weighted by molar-refractivity contribution is 0.773. The summed E-state index contributed by atoms with van der Waals surface area (Å²) in [6.07, 6.45) is 6.97. The predicted octanol–water partition coefficient (Wildman–Crippen LogP) is 1.83. The number of nitrogens with two attached hydrogens (primary N) is 1. The normalized spacial score (nSPS) is 32.1. The van der Waals surface area contributed by atoms with Crippen molar-refractivity contribution in [3.63, 3.8) is 0 Å². The third-order valence-electron chi connectivity index (χ3n) is 1.64. The van der Waals surface area contributed by atoms with Crippen molar-refractivity contribution in [2.75, 3.05) is 6.54 Å². The van der Waals surface area contributed by atoms with Gasteiger partial charge in [-0.25, -0.2) is 0 Å². The van der Waals surface area contributed by atoms with Crippen molar-refractivity contribution in [1.82, 2.24) is 0 Å². The molecule has 0 spiro atoms. The zero-order valence-electron chi connectivity index (χ0n) is 6.10. The van der Waals surface area contributed by atoms with Gasteiger partial charge in [-0.15, -0.1) is 11.6 Å². The summed E-state index contributed by atoms with van der Waals surface area (Å²) in [5, 5.41) is 0. The van der Waals surface area contributed by atoms with Gasteiger partial charge in [-0.1, -0.05) is 18.2 Å². The van der Waals surface area contributed by atoms with E-state index in [0.717, 1.165) is 6.42 Å². The Balaban J connectivity index is 2.63. The van der Waals surface area contributed by atoms with Gasteiger partial charge in [0.15, 0.2) is 0 Å². The van der Waals surface area contributed by atoms with Crippen LogP contribution >= 0.6 is 11.6 Å². The van der Waals surface area contributed by atoms with Crippen molar-refractivity contribution in [2.45, 2.75) is 18.2 Å². The Hall–Kier alpha value is -0.270. The second-order valence-electron chi connectivity index (χ2n) is 2.80. The first kappa shape index (κ1) is 7.83. The van der Waals surface area contributed by atoms with Gasteiger partial charge in [-0.05, 0) is 18.9 Å². The number of halogens is 1. The highest BCUT2D eigenvalue weighted by atomic mass is 35.5. The highest BCUT2D eigenvalue weighted by Crippen LogP contribution is 2.26. The number of allylic oxidation sites excluding steroid dienone is 2. The van der Waals surface area contributed by atoms with E-state index in [-0.39, 0.29) is 4.87 Å². The van der Waals surface area contributed by atoms with E-state index in [1.807, 2.05) is 19.1 Å². The van der Waals surface area contributed by atoms with Gasteiger partial charge in [0.2, 0.25) is 0 Å². The molecule has 0 saturated carbocycles. The van der Waals surface area contributed by atoms with Crippen LogP contribution in [-0.2, 0) is 0 Å². The Morgan fingerprint density at radius 2 is 2.50 bits per heavy atom. The molecule has 0 bridgehead atoms. The molecule has 2 N–H and O–H groups in total. The molecule has 1 aliphatic rings. The summed E-state index contributed by atoms with van der Waals surface area (Å²) >= 11 is 6.02. The Labute approximate surface area is 66.6 Å². The molecule has 0 amide bonds. The number of hydrogen-bond acceptors (Lipinski definition) is 1. The van der Waals surface area contributed by atoms with Gasteiger partial charge in [0.05, 0.1) is 4.87 Å². The van der Waals surface area contributed by atoms with Crippen LogP contribution in [-0.4, -0.2) is 11.4 Å². The van der Waals surface area contributed by atoms with E-state index >= 15 is 0 Å². The zero-order chi connectivity index (χ0) is 7.61. The van der Waals surface area contributed by atoms with Gasteiger partial charge in [0.1, 0.15) is 0 Å². The maximum atomic E-state index is 6.02. The van der Waals surface area contributed by atoms with E-state index in [2.05, 4.69) is 6.08 Å². The molecule has 56 valence electrons. The molecule has 0 radical (unpaired) electrons. The fourth-order valence-corrected chi connectivity index (χ4v) is 1.04. The Morgan fingerprint density at radius 1 is 1.80 bits per heavy atom. The number of rotatable bonds is 1. The molecule has 0 aromatic heterocycles. The lowest BCUT2D eigenvalue weighted by Crippen LogP contribution is -2.15. The minimum absolute atomic E-state index is 0.182. The molecule has 2 heteroatoms. The quantitative estimate of drug-likeness (QED) is 0.578. The molecule has 1 aliphatic carbocycles. The van der Waals surface area contributed by atoms with Gasteiger partial charge < -0.3 is 5.73 Å². The summed E-state index contributed by atoms with van der Waals surface area (Å²) in [6, 6.07) is 0. The maximum Gasteiger partial charge on any atom is 0.0635 e. The van der Waals surface area contributed by atoms with Crippen molar-refractivity contribution in [2.24, 2.45) is 5.73 Å². The third-order valence-corrected chi connectivity index (χ3v) is 1.92. The van der Waals surface area contributed by atoms with Crippen LogP contribution in [0, 0.1) is 0 Å². The second-order valence-corrected chi connectivity index (χ2v) is 3.66. The van der Waals surface area contributed by atoms with Gasteiger partial charge in [-0.3, -0.25) is 0 Å². The van der Waals surface area contributed by atoms with Crippen LogP contribution in [0.5, 0.6) is 0 Å². The van der Waals surface area contributed by atoms with Crippen molar-refractivity contribution < 1.29 is 0 Å². The highest BCUT2D eigenvalue weighted by molar-refractivity contribution is 6.25. The fraction of sp³-hybridized carbons (Fsp3) is 0.500. The maximum absolute atomic E-state index is 6.02. The SMILES string of the molecule is CC1(Cl)C=CC(CN)=CC1. The Kier molecular flexibility index (Phi) is 2.17. The van der Waals surface area contributed by atoms with Crippen molar-refractivity contribution >= 4 is 11.6 Å². The predicted molar refractivity (Wildman–Crippen MR) is 45.2 cm³/mol. The summed E-state index contributed by atoms with van der Waals surface area (Å²) in [5.74, 6) is 0. The van der Waals surface area contributed by atoms with Crippen molar-refractivity contribution in [3.05, 3.63) is 23.8 Å². The van der Waals surface area contributed by atoms with Crippen LogP contribution in [0.3, 0.4) is 0 Å². The molecule has 0 fully saturated rings. The van der Waals surface area contributed by atoms with E-state index in [0.29, 0.717) is 6.54 Å². The Bertz CT molecular complexity index is 180. The lowest BCUT2D eigenvalue weighted by atomic mass is 9.98. The minimum atomic E-state index is -0.182. The molecular formula is C8H12ClN. The molecule has 10 heavy (non-hydrogen) atoms. The number of alkyl halides is 1. The smallest absolute Gasteiger partial charge is 0.0635 e. The van der Waals surface area contributed by atoms with E-state index in [9.17, 15) is 0 Å². The van der Waals surface area contributed by atoms with E-state index in [1.165, 1.54) is 5.57 Å². The average Bonchev–Trinajstić information content (AvgIpc) is 1.88. The molecule has 1 rings (SSSR count). The first-order valence-corrected chi connectivity index (χ1v) is 3.79. The first-order valence-electron chi connectivity index (χ1n) is 3.41. The highest BCUT2D eigenvalue weighted by Gasteiger charge is 2.17.